The largest absolute Gasteiger partial charge is 0.354 e. The molecule has 0 aromatic carbocycles. The van der Waals surface area contributed by atoms with E-state index in [-0.39, 0.29) is 5.91 Å². The van der Waals surface area contributed by atoms with Crippen LogP contribution in [0.1, 0.15) is 10.4 Å². The number of hydrogen-bond donors (Lipinski definition) is 1. The lowest BCUT2D eigenvalue weighted by molar-refractivity contribution is 0.102. The molecule has 1 amide bonds. The minimum absolute atomic E-state index is 0.140. The van der Waals surface area contributed by atoms with E-state index in [0.717, 1.165) is 32.0 Å². The molecule has 110 valence electrons. The van der Waals surface area contributed by atoms with Crippen LogP contribution in [0.15, 0.2) is 29.2 Å². The number of anilines is 2. The number of rotatable bonds is 3. The van der Waals surface area contributed by atoms with Crippen molar-refractivity contribution in [1.29, 1.82) is 0 Å². The molecule has 2 aromatic rings. The predicted molar refractivity (Wildman–Crippen MR) is 84.0 cm³/mol. The fraction of sp³-hybridized carbons (Fsp3) is 0.357. The van der Waals surface area contributed by atoms with Crippen molar-refractivity contribution >= 4 is 28.9 Å². The van der Waals surface area contributed by atoms with Crippen molar-refractivity contribution in [2.24, 2.45) is 0 Å². The van der Waals surface area contributed by atoms with E-state index in [2.05, 4.69) is 32.1 Å². The second kappa shape index (κ2) is 6.19. The first-order valence-corrected chi connectivity index (χ1v) is 7.76. The van der Waals surface area contributed by atoms with Crippen molar-refractivity contribution in [3.05, 3.63) is 34.8 Å². The highest BCUT2D eigenvalue weighted by molar-refractivity contribution is 7.08. The summed E-state index contributed by atoms with van der Waals surface area (Å²) in [6, 6.07) is 3.62. The van der Waals surface area contributed by atoms with Gasteiger partial charge in [0, 0.05) is 37.6 Å². The molecule has 0 bridgehead atoms. The Labute approximate surface area is 127 Å². The fourth-order valence-electron chi connectivity index (χ4n) is 2.21. The molecule has 0 atom stereocenters. The molecule has 0 aliphatic carbocycles. The Hall–Kier alpha value is -1.99. The molecule has 6 nitrogen and oxygen atoms in total. The summed E-state index contributed by atoms with van der Waals surface area (Å²) in [4.78, 5) is 24.9. The number of amides is 1. The summed E-state index contributed by atoms with van der Waals surface area (Å²) >= 11 is 1.50. The number of thiophene rings is 1. The fourth-order valence-corrected chi connectivity index (χ4v) is 2.84. The Bertz CT molecular complexity index is 608. The topological polar surface area (TPSA) is 61.4 Å². The number of carbonyl (C=O) groups excluding carboxylic acids is 1. The van der Waals surface area contributed by atoms with Gasteiger partial charge < -0.3 is 15.1 Å². The van der Waals surface area contributed by atoms with Gasteiger partial charge in [0.15, 0.2) is 0 Å². The van der Waals surface area contributed by atoms with Gasteiger partial charge in [-0.2, -0.15) is 11.3 Å². The van der Waals surface area contributed by atoms with Crippen LogP contribution in [0.5, 0.6) is 0 Å². The third-order valence-corrected chi connectivity index (χ3v) is 4.19. The standard InChI is InChI=1S/C14H17N5OS/c1-18-3-5-19(6-4-18)13-8-12(15-10-16-13)17-14(20)11-2-7-21-9-11/h2,7-10H,3-6H2,1H3,(H,15,16,17,20). The molecule has 3 rings (SSSR count). The molecule has 1 saturated heterocycles. The summed E-state index contributed by atoms with van der Waals surface area (Å²) < 4.78 is 0. The van der Waals surface area contributed by atoms with Gasteiger partial charge in [0.1, 0.15) is 18.0 Å². The van der Waals surface area contributed by atoms with E-state index in [9.17, 15) is 4.79 Å². The van der Waals surface area contributed by atoms with Crippen LogP contribution in [0, 0.1) is 0 Å². The number of likely N-dealkylation sites (N-methyl/N-ethyl adjacent to an activating group) is 1. The lowest BCUT2D eigenvalue weighted by Gasteiger charge is -2.33. The minimum Gasteiger partial charge on any atom is -0.354 e. The Kier molecular flexibility index (Phi) is 4.12. The maximum atomic E-state index is 12.0. The molecule has 1 fully saturated rings. The quantitative estimate of drug-likeness (QED) is 0.932. The molecule has 0 radical (unpaired) electrons. The maximum Gasteiger partial charge on any atom is 0.257 e. The predicted octanol–water partition coefficient (Wildman–Crippen LogP) is 1.54. The number of hydrogen-bond acceptors (Lipinski definition) is 6. The van der Waals surface area contributed by atoms with Crippen molar-refractivity contribution in [3.8, 4) is 0 Å². The zero-order chi connectivity index (χ0) is 14.7. The van der Waals surface area contributed by atoms with Crippen molar-refractivity contribution in [2.75, 3.05) is 43.4 Å². The van der Waals surface area contributed by atoms with Gasteiger partial charge in [-0.25, -0.2) is 9.97 Å². The van der Waals surface area contributed by atoms with Gasteiger partial charge in [-0.15, -0.1) is 0 Å². The summed E-state index contributed by atoms with van der Waals surface area (Å²) in [6.45, 7) is 3.90. The number of carbonyl (C=O) groups is 1. The molecular weight excluding hydrogens is 286 g/mol. The molecular formula is C14H17N5OS. The van der Waals surface area contributed by atoms with Crippen LogP contribution in [0.4, 0.5) is 11.6 Å². The van der Waals surface area contributed by atoms with Gasteiger partial charge in [-0.05, 0) is 18.5 Å². The van der Waals surface area contributed by atoms with E-state index in [4.69, 9.17) is 0 Å². The Balaban J connectivity index is 1.70. The van der Waals surface area contributed by atoms with Crippen molar-refractivity contribution < 1.29 is 4.79 Å². The molecule has 3 heterocycles. The first-order valence-electron chi connectivity index (χ1n) is 6.81. The molecule has 2 aromatic heterocycles. The second-order valence-corrected chi connectivity index (χ2v) is 5.80. The van der Waals surface area contributed by atoms with E-state index in [0.29, 0.717) is 11.4 Å². The normalized spacial score (nSPS) is 16.0. The lowest BCUT2D eigenvalue weighted by Crippen LogP contribution is -2.44. The van der Waals surface area contributed by atoms with Gasteiger partial charge in [-0.1, -0.05) is 0 Å². The molecule has 0 saturated carbocycles. The van der Waals surface area contributed by atoms with Crippen LogP contribution >= 0.6 is 11.3 Å². The van der Waals surface area contributed by atoms with Gasteiger partial charge in [0.2, 0.25) is 0 Å². The van der Waals surface area contributed by atoms with Crippen LogP contribution < -0.4 is 10.2 Å². The van der Waals surface area contributed by atoms with Crippen LogP contribution in [0.2, 0.25) is 0 Å². The van der Waals surface area contributed by atoms with Crippen molar-refractivity contribution in [3.63, 3.8) is 0 Å². The van der Waals surface area contributed by atoms with Gasteiger partial charge >= 0.3 is 0 Å². The lowest BCUT2D eigenvalue weighted by atomic mass is 10.3. The Morgan fingerprint density at radius 1 is 1.29 bits per heavy atom. The van der Waals surface area contributed by atoms with Crippen LogP contribution in [-0.4, -0.2) is 54.0 Å². The smallest absolute Gasteiger partial charge is 0.257 e. The molecule has 0 unspecified atom stereocenters. The first kappa shape index (κ1) is 14.0. The number of piperazine rings is 1. The molecule has 21 heavy (non-hydrogen) atoms. The third-order valence-electron chi connectivity index (χ3n) is 3.50. The average molecular weight is 303 g/mol. The molecule has 7 heteroatoms. The summed E-state index contributed by atoms with van der Waals surface area (Å²) in [7, 11) is 2.11. The van der Waals surface area contributed by atoms with E-state index < -0.39 is 0 Å². The monoisotopic (exact) mass is 303 g/mol. The van der Waals surface area contributed by atoms with Gasteiger partial charge in [0.05, 0.1) is 5.56 Å². The highest BCUT2D eigenvalue weighted by Crippen LogP contribution is 2.17. The SMILES string of the molecule is CN1CCN(c2cc(NC(=O)c3ccsc3)ncn2)CC1. The summed E-state index contributed by atoms with van der Waals surface area (Å²) in [6.07, 6.45) is 1.50. The minimum atomic E-state index is -0.140. The van der Waals surface area contributed by atoms with E-state index >= 15 is 0 Å². The average Bonchev–Trinajstić information content (AvgIpc) is 3.02. The Morgan fingerprint density at radius 2 is 2.10 bits per heavy atom. The van der Waals surface area contributed by atoms with Crippen LogP contribution in [0.3, 0.4) is 0 Å². The van der Waals surface area contributed by atoms with E-state index in [1.54, 1.807) is 6.07 Å². The van der Waals surface area contributed by atoms with Crippen LogP contribution in [0.25, 0.3) is 0 Å². The highest BCUT2D eigenvalue weighted by atomic mass is 32.1. The highest BCUT2D eigenvalue weighted by Gasteiger charge is 2.16. The number of nitrogens with one attached hydrogen (secondary N) is 1. The van der Waals surface area contributed by atoms with Gasteiger partial charge in [0.25, 0.3) is 5.91 Å². The Morgan fingerprint density at radius 3 is 2.81 bits per heavy atom. The molecule has 1 aliphatic rings. The summed E-state index contributed by atoms with van der Waals surface area (Å²) in [5.74, 6) is 1.26. The zero-order valence-corrected chi connectivity index (χ0v) is 12.6. The number of aromatic nitrogens is 2. The molecule has 0 spiro atoms. The van der Waals surface area contributed by atoms with Crippen molar-refractivity contribution in [1.82, 2.24) is 14.9 Å². The van der Waals surface area contributed by atoms with E-state index in [1.807, 2.05) is 16.8 Å². The van der Waals surface area contributed by atoms with Crippen molar-refractivity contribution in [2.45, 2.75) is 0 Å². The maximum absolute atomic E-state index is 12.0. The zero-order valence-electron chi connectivity index (χ0n) is 11.8. The molecule has 1 aliphatic heterocycles. The van der Waals surface area contributed by atoms with E-state index in [1.165, 1.54) is 17.7 Å². The number of nitrogens with zero attached hydrogens (tertiary/aromatic N) is 4. The summed E-state index contributed by atoms with van der Waals surface area (Å²) in [5.41, 5.74) is 0.653. The molecule has 1 N–H and O–H groups in total. The summed E-state index contributed by atoms with van der Waals surface area (Å²) in [5, 5.41) is 6.51. The first-order chi connectivity index (χ1) is 10.2. The third kappa shape index (κ3) is 3.37. The van der Waals surface area contributed by atoms with Gasteiger partial charge in [-0.3, -0.25) is 4.79 Å². The van der Waals surface area contributed by atoms with Crippen LogP contribution in [-0.2, 0) is 0 Å². The second-order valence-electron chi connectivity index (χ2n) is 5.02.